The molecule has 2 saturated heterocycles. The van der Waals surface area contributed by atoms with Gasteiger partial charge in [-0.3, -0.25) is 4.79 Å². The molecule has 5 rings (SSSR count). The van der Waals surface area contributed by atoms with Crippen LogP contribution >= 0.6 is 0 Å². The quantitative estimate of drug-likeness (QED) is 0.614. The fraction of sp³-hybridized carbons (Fsp3) is 0.259. The van der Waals surface area contributed by atoms with Gasteiger partial charge in [0.2, 0.25) is 5.91 Å². The van der Waals surface area contributed by atoms with Gasteiger partial charge in [-0.15, -0.1) is 0 Å². The Bertz CT molecular complexity index is 1160. The summed E-state index contributed by atoms with van der Waals surface area (Å²) < 4.78 is 5.15. The van der Waals surface area contributed by atoms with Crippen LogP contribution in [0.4, 0.5) is 10.5 Å². The summed E-state index contributed by atoms with van der Waals surface area (Å²) in [6.07, 6.45) is 0. The summed E-state index contributed by atoms with van der Waals surface area (Å²) in [5.74, 6) is 0.528. The summed E-state index contributed by atoms with van der Waals surface area (Å²) >= 11 is 0. The number of piperazine rings is 1. The van der Waals surface area contributed by atoms with Crippen LogP contribution in [0.3, 0.4) is 0 Å². The van der Waals surface area contributed by atoms with Crippen LogP contribution in [0.2, 0.25) is 0 Å². The van der Waals surface area contributed by atoms with E-state index in [-0.39, 0.29) is 43.1 Å². The monoisotopic (exact) mass is 457 g/mol. The van der Waals surface area contributed by atoms with Crippen LogP contribution in [0, 0.1) is 0 Å². The molecule has 2 heterocycles. The molecule has 2 aliphatic heterocycles. The third-order valence-electron chi connectivity index (χ3n) is 6.78. The van der Waals surface area contributed by atoms with E-state index in [1.54, 1.807) is 41.2 Å². The van der Waals surface area contributed by atoms with Crippen molar-refractivity contribution >= 4 is 17.6 Å². The topological polar surface area (TPSA) is 82.1 Å². The van der Waals surface area contributed by atoms with Crippen LogP contribution in [-0.2, 0) is 4.79 Å². The molecule has 3 atom stereocenters. The summed E-state index contributed by atoms with van der Waals surface area (Å²) in [5, 5.41) is 12.9. The van der Waals surface area contributed by atoms with Gasteiger partial charge in [-0.25, -0.2) is 4.79 Å². The van der Waals surface area contributed by atoms with Crippen molar-refractivity contribution in [3.05, 3.63) is 84.4 Å². The largest absolute Gasteiger partial charge is 0.497 e. The van der Waals surface area contributed by atoms with Crippen molar-refractivity contribution in [2.24, 2.45) is 0 Å². The van der Waals surface area contributed by atoms with Gasteiger partial charge in [0.15, 0.2) is 0 Å². The maximum absolute atomic E-state index is 12.9. The first-order valence-corrected chi connectivity index (χ1v) is 11.4. The van der Waals surface area contributed by atoms with Crippen LogP contribution in [-0.4, -0.2) is 65.7 Å². The highest BCUT2D eigenvalue weighted by Gasteiger charge is 2.54. The fourth-order valence-corrected chi connectivity index (χ4v) is 5.06. The number of hydrogen-bond donors (Lipinski definition) is 2. The van der Waals surface area contributed by atoms with Crippen molar-refractivity contribution in [1.29, 1.82) is 0 Å². The lowest BCUT2D eigenvalue weighted by molar-refractivity contribution is -0.159. The molecule has 0 saturated carbocycles. The third kappa shape index (κ3) is 3.99. The number of carbonyl (C=O) groups excluding carboxylic acids is 2. The van der Waals surface area contributed by atoms with Crippen LogP contribution < -0.4 is 10.1 Å². The number of benzene rings is 3. The van der Waals surface area contributed by atoms with E-state index < -0.39 is 0 Å². The predicted octanol–water partition coefficient (Wildman–Crippen LogP) is 3.57. The number of nitrogens with one attached hydrogen (secondary N) is 1. The molecular formula is C27H27N3O4. The average Bonchev–Trinajstić information content (AvgIpc) is 2.86. The van der Waals surface area contributed by atoms with E-state index >= 15 is 0 Å². The molecule has 174 valence electrons. The Kier molecular flexibility index (Phi) is 5.94. The van der Waals surface area contributed by atoms with Gasteiger partial charge in [-0.05, 0) is 41.0 Å². The lowest BCUT2D eigenvalue weighted by atomic mass is 9.73. The Labute approximate surface area is 198 Å². The normalized spacial score (nSPS) is 21.5. The number of amides is 3. The summed E-state index contributed by atoms with van der Waals surface area (Å²) in [6.45, 7) is 0.301. The fourth-order valence-electron chi connectivity index (χ4n) is 5.06. The first kappa shape index (κ1) is 22.0. The summed E-state index contributed by atoms with van der Waals surface area (Å²) in [5.41, 5.74) is 3.94. The molecule has 2 aliphatic rings. The Hall–Kier alpha value is -3.84. The van der Waals surface area contributed by atoms with Gasteiger partial charge in [0.05, 0.1) is 25.8 Å². The predicted molar refractivity (Wildman–Crippen MR) is 130 cm³/mol. The zero-order chi connectivity index (χ0) is 23.7. The number of aliphatic hydroxyl groups excluding tert-OH is 1. The number of methoxy groups -OCH3 is 1. The zero-order valence-electron chi connectivity index (χ0n) is 18.9. The molecule has 7 nitrogen and oxygen atoms in total. The second kappa shape index (κ2) is 9.19. The molecule has 0 radical (unpaired) electrons. The van der Waals surface area contributed by atoms with E-state index in [9.17, 15) is 14.7 Å². The second-order valence-corrected chi connectivity index (χ2v) is 8.67. The number of rotatable bonds is 5. The number of fused-ring (bicyclic) bond motifs is 1. The van der Waals surface area contributed by atoms with Gasteiger partial charge < -0.3 is 25.0 Å². The Balaban J connectivity index is 1.32. The molecule has 0 spiro atoms. The first-order valence-electron chi connectivity index (χ1n) is 11.4. The summed E-state index contributed by atoms with van der Waals surface area (Å²) in [6, 6.07) is 24.7. The minimum Gasteiger partial charge on any atom is -0.497 e. The Morgan fingerprint density at radius 3 is 2.32 bits per heavy atom. The molecule has 7 heteroatoms. The number of aliphatic hydroxyl groups is 1. The molecule has 34 heavy (non-hydrogen) atoms. The number of ether oxygens (including phenoxy) is 1. The summed E-state index contributed by atoms with van der Waals surface area (Å²) in [4.78, 5) is 29.1. The Morgan fingerprint density at radius 1 is 1.00 bits per heavy atom. The summed E-state index contributed by atoms with van der Waals surface area (Å²) in [7, 11) is 1.59. The molecule has 0 unspecified atom stereocenters. The van der Waals surface area contributed by atoms with E-state index in [4.69, 9.17) is 4.74 Å². The Morgan fingerprint density at radius 2 is 1.68 bits per heavy atom. The standard InChI is InChI=1S/C27H27N3O4/c1-34-22-13-11-21(12-14-22)28-27(33)29-15-23-26(24(17-31)30(23)25(32)16-29)20-9-7-19(8-10-20)18-5-3-2-4-6-18/h2-14,23-24,26,31H,15-17H2,1H3,(H,28,33)/t23-,24-,26+/m0/s1. The van der Waals surface area contributed by atoms with E-state index in [1.807, 2.05) is 18.2 Å². The number of carbonyl (C=O) groups is 2. The SMILES string of the molecule is COc1ccc(NC(=O)N2CC(=O)N3[C@@H](CO)[C@H](c4ccc(-c5ccccc5)cc4)[C@@H]3C2)cc1. The highest BCUT2D eigenvalue weighted by atomic mass is 16.5. The van der Waals surface area contributed by atoms with E-state index in [0.717, 1.165) is 16.7 Å². The molecule has 3 aromatic carbocycles. The molecule has 2 N–H and O–H groups in total. The van der Waals surface area contributed by atoms with Crippen molar-refractivity contribution < 1.29 is 19.4 Å². The van der Waals surface area contributed by atoms with E-state index in [1.165, 1.54) is 0 Å². The number of anilines is 1. The van der Waals surface area contributed by atoms with Crippen molar-refractivity contribution in [3.63, 3.8) is 0 Å². The molecule has 3 aromatic rings. The van der Waals surface area contributed by atoms with Gasteiger partial charge in [0.1, 0.15) is 12.3 Å². The van der Waals surface area contributed by atoms with Crippen LogP contribution in [0.15, 0.2) is 78.9 Å². The van der Waals surface area contributed by atoms with Crippen LogP contribution in [0.1, 0.15) is 11.5 Å². The van der Waals surface area contributed by atoms with Gasteiger partial charge in [0.25, 0.3) is 0 Å². The number of nitrogens with zero attached hydrogens (tertiary/aromatic N) is 2. The van der Waals surface area contributed by atoms with Crippen molar-refractivity contribution in [1.82, 2.24) is 9.80 Å². The zero-order valence-corrected chi connectivity index (χ0v) is 18.9. The van der Waals surface area contributed by atoms with Crippen molar-refractivity contribution in [3.8, 4) is 16.9 Å². The molecule has 0 bridgehead atoms. The van der Waals surface area contributed by atoms with Gasteiger partial charge in [-0.2, -0.15) is 0 Å². The molecule has 0 aliphatic carbocycles. The second-order valence-electron chi connectivity index (χ2n) is 8.67. The maximum Gasteiger partial charge on any atom is 0.322 e. The lowest BCUT2D eigenvalue weighted by Gasteiger charge is -2.58. The van der Waals surface area contributed by atoms with E-state index in [2.05, 4.69) is 41.7 Å². The van der Waals surface area contributed by atoms with Crippen LogP contribution in [0.5, 0.6) is 5.75 Å². The minimum absolute atomic E-state index is 0.00530. The molecule has 0 aromatic heterocycles. The van der Waals surface area contributed by atoms with Crippen molar-refractivity contribution in [2.45, 2.75) is 18.0 Å². The maximum atomic E-state index is 12.9. The molecule has 2 fully saturated rings. The highest BCUT2D eigenvalue weighted by Crippen LogP contribution is 2.43. The van der Waals surface area contributed by atoms with Gasteiger partial charge >= 0.3 is 6.03 Å². The first-order chi connectivity index (χ1) is 16.6. The minimum atomic E-state index is -0.316. The van der Waals surface area contributed by atoms with E-state index in [0.29, 0.717) is 18.0 Å². The van der Waals surface area contributed by atoms with Crippen molar-refractivity contribution in [2.75, 3.05) is 32.1 Å². The molecular weight excluding hydrogens is 430 g/mol. The molecule has 3 amide bonds. The van der Waals surface area contributed by atoms with Gasteiger partial charge in [-0.1, -0.05) is 54.6 Å². The van der Waals surface area contributed by atoms with Gasteiger partial charge in [0, 0.05) is 18.2 Å². The van der Waals surface area contributed by atoms with Crippen LogP contribution in [0.25, 0.3) is 11.1 Å². The average molecular weight is 458 g/mol. The number of hydrogen-bond acceptors (Lipinski definition) is 4. The number of urea groups is 1. The third-order valence-corrected chi connectivity index (χ3v) is 6.78. The smallest absolute Gasteiger partial charge is 0.322 e. The lowest BCUT2D eigenvalue weighted by Crippen LogP contribution is -2.73. The highest BCUT2D eigenvalue weighted by molar-refractivity contribution is 5.93.